The van der Waals surface area contributed by atoms with Crippen molar-refractivity contribution >= 4 is 29.1 Å². The third-order valence-electron chi connectivity index (χ3n) is 5.45. The third kappa shape index (κ3) is 5.43. The lowest BCUT2D eigenvalue weighted by Gasteiger charge is -2.28. The van der Waals surface area contributed by atoms with E-state index in [4.69, 9.17) is 31.4 Å². The van der Waals surface area contributed by atoms with Crippen LogP contribution in [0.25, 0.3) is 0 Å². The molecule has 170 valence electrons. The number of ether oxygens (including phenoxy) is 3. The van der Waals surface area contributed by atoms with Crippen LogP contribution in [0.3, 0.4) is 0 Å². The van der Waals surface area contributed by atoms with Crippen LogP contribution in [0.5, 0.6) is 23.1 Å². The van der Waals surface area contributed by atoms with E-state index in [9.17, 15) is 0 Å². The van der Waals surface area contributed by atoms with Crippen LogP contribution in [-0.2, 0) is 6.54 Å². The van der Waals surface area contributed by atoms with Crippen LogP contribution in [0.4, 0.5) is 11.8 Å². The smallest absolute Gasteiger partial charge is 0.234 e. The van der Waals surface area contributed by atoms with Gasteiger partial charge in [-0.1, -0.05) is 24.3 Å². The Kier molecular flexibility index (Phi) is 6.39. The molecule has 0 bridgehead atoms. The summed E-state index contributed by atoms with van der Waals surface area (Å²) in [5, 5.41) is 6.73. The summed E-state index contributed by atoms with van der Waals surface area (Å²) >= 11 is 5.49. The minimum atomic E-state index is 0.254. The van der Waals surface area contributed by atoms with Gasteiger partial charge in [-0.05, 0) is 61.3 Å². The Morgan fingerprint density at radius 3 is 2.64 bits per heavy atom. The minimum absolute atomic E-state index is 0.254. The zero-order valence-electron chi connectivity index (χ0n) is 18.1. The standard InChI is InChI=1S/C24H25N5O3S/c33-24(25-15-17-9-10-19-20(13-17)31-16-30-19)28-23-26-21(29-11-5-2-6-12-29)14-22(27-23)32-18-7-3-1-4-8-18/h1,3-4,7-10,13-14H,2,5-6,11-12,15-16H2,(H2,25,26,27,28,33). The number of nitrogens with zero attached hydrogens (tertiary/aromatic N) is 3. The van der Waals surface area contributed by atoms with Crippen molar-refractivity contribution < 1.29 is 14.2 Å². The quantitative estimate of drug-likeness (QED) is 0.515. The summed E-state index contributed by atoms with van der Waals surface area (Å²) in [6, 6.07) is 17.3. The largest absolute Gasteiger partial charge is 0.454 e. The topological polar surface area (TPSA) is 80.8 Å². The maximum Gasteiger partial charge on any atom is 0.234 e. The van der Waals surface area contributed by atoms with Gasteiger partial charge in [0.05, 0.1) is 0 Å². The van der Waals surface area contributed by atoms with E-state index in [1.54, 1.807) is 0 Å². The highest BCUT2D eigenvalue weighted by Gasteiger charge is 2.17. The SMILES string of the molecule is S=C(NCc1ccc2c(c1)OCO2)Nc1nc(Oc2ccccc2)cc(N2CCCCC2)n1. The maximum absolute atomic E-state index is 6.00. The number of hydrogen-bond donors (Lipinski definition) is 2. The molecule has 3 heterocycles. The van der Waals surface area contributed by atoms with E-state index in [2.05, 4.69) is 20.5 Å². The number of thiocarbonyl (C=S) groups is 1. The molecule has 33 heavy (non-hydrogen) atoms. The van der Waals surface area contributed by atoms with Crippen LogP contribution in [0.2, 0.25) is 0 Å². The van der Waals surface area contributed by atoms with Crippen molar-refractivity contribution in [1.82, 2.24) is 15.3 Å². The highest BCUT2D eigenvalue weighted by molar-refractivity contribution is 7.80. The number of hydrogen-bond acceptors (Lipinski definition) is 7. The molecule has 0 amide bonds. The van der Waals surface area contributed by atoms with Crippen molar-refractivity contribution in [3.8, 4) is 23.1 Å². The van der Waals surface area contributed by atoms with Gasteiger partial charge in [0, 0.05) is 25.7 Å². The number of anilines is 2. The first-order valence-electron chi connectivity index (χ1n) is 11.0. The monoisotopic (exact) mass is 463 g/mol. The molecule has 5 rings (SSSR count). The number of fused-ring (bicyclic) bond motifs is 1. The van der Waals surface area contributed by atoms with Gasteiger partial charge < -0.3 is 29.7 Å². The van der Waals surface area contributed by atoms with Crippen molar-refractivity contribution in [1.29, 1.82) is 0 Å². The molecule has 2 aliphatic heterocycles. The average Bonchev–Trinajstić information content (AvgIpc) is 3.32. The molecule has 2 N–H and O–H groups in total. The van der Waals surface area contributed by atoms with Gasteiger partial charge in [0.15, 0.2) is 16.6 Å². The van der Waals surface area contributed by atoms with Gasteiger partial charge in [0.2, 0.25) is 18.6 Å². The summed E-state index contributed by atoms with van der Waals surface area (Å²) in [7, 11) is 0. The van der Waals surface area contributed by atoms with E-state index in [1.807, 2.05) is 54.6 Å². The van der Waals surface area contributed by atoms with E-state index in [0.717, 1.165) is 54.6 Å². The van der Waals surface area contributed by atoms with Crippen LogP contribution in [0, 0.1) is 0 Å². The summed E-state index contributed by atoms with van der Waals surface area (Å²) in [4.78, 5) is 11.5. The minimum Gasteiger partial charge on any atom is -0.454 e. The van der Waals surface area contributed by atoms with Crippen LogP contribution in [0.1, 0.15) is 24.8 Å². The molecule has 1 aromatic heterocycles. The predicted molar refractivity (Wildman–Crippen MR) is 130 cm³/mol. The molecule has 0 saturated carbocycles. The van der Waals surface area contributed by atoms with Gasteiger partial charge in [0.1, 0.15) is 11.6 Å². The van der Waals surface area contributed by atoms with E-state index < -0.39 is 0 Å². The van der Waals surface area contributed by atoms with Crippen LogP contribution in [-0.4, -0.2) is 35.0 Å². The maximum atomic E-state index is 6.00. The Hall–Kier alpha value is -3.59. The summed E-state index contributed by atoms with van der Waals surface area (Å²) < 4.78 is 16.8. The van der Waals surface area contributed by atoms with Gasteiger partial charge in [-0.2, -0.15) is 9.97 Å². The van der Waals surface area contributed by atoms with Gasteiger partial charge in [0.25, 0.3) is 0 Å². The molecule has 2 aromatic carbocycles. The van der Waals surface area contributed by atoms with E-state index in [-0.39, 0.29) is 6.79 Å². The van der Waals surface area contributed by atoms with Gasteiger partial charge in [-0.25, -0.2) is 0 Å². The first kappa shape index (κ1) is 21.3. The highest BCUT2D eigenvalue weighted by atomic mass is 32.1. The van der Waals surface area contributed by atoms with Crippen LogP contribution < -0.4 is 29.7 Å². The zero-order valence-corrected chi connectivity index (χ0v) is 18.9. The molecule has 1 fully saturated rings. The molecule has 0 radical (unpaired) electrons. The molecule has 0 spiro atoms. The Bertz CT molecular complexity index is 1120. The molecular weight excluding hydrogens is 438 g/mol. The summed E-state index contributed by atoms with van der Waals surface area (Å²) in [5.74, 6) is 3.92. The molecule has 3 aromatic rings. The fourth-order valence-electron chi connectivity index (χ4n) is 3.79. The number of aromatic nitrogens is 2. The Balaban J connectivity index is 1.29. The Morgan fingerprint density at radius 1 is 0.970 bits per heavy atom. The van der Waals surface area contributed by atoms with E-state index in [0.29, 0.717) is 23.5 Å². The molecule has 0 unspecified atom stereocenters. The third-order valence-corrected chi connectivity index (χ3v) is 5.70. The van der Waals surface area contributed by atoms with Gasteiger partial charge >= 0.3 is 0 Å². The van der Waals surface area contributed by atoms with Crippen molar-refractivity contribution in [2.45, 2.75) is 25.8 Å². The van der Waals surface area contributed by atoms with Gasteiger partial charge in [-0.3, -0.25) is 0 Å². The second-order valence-electron chi connectivity index (χ2n) is 7.85. The van der Waals surface area contributed by atoms with E-state index in [1.165, 1.54) is 6.42 Å². The lowest BCUT2D eigenvalue weighted by molar-refractivity contribution is 0.174. The normalized spacial score (nSPS) is 14.6. The lowest BCUT2D eigenvalue weighted by atomic mass is 10.1. The summed E-state index contributed by atoms with van der Waals surface area (Å²) in [6.45, 7) is 2.72. The lowest BCUT2D eigenvalue weighted by Crippen LogP contribution is -2.31. The summed E-state index contributed by atoms with van der Waals surface area (Å²) in [5.41, 5.74) is 1.03. The van der Waals surface area contributed by atoms with Crippen molar-refractivity contribution in [3.05, 3.63) is 60.2 Å². The molecule has 0 aliphatic carbocycles. The Labute approximate surface area is 197 Å². The number of para-hydroxylation sites is 1. The molecule has 8 nitrogen and oxygen atoms in total. The second kappa shape index (κ2) is 9.91. The molecule has 1 saturated heterocycles. The number of rotatable bonds is 6. The number of benzene rings is 2. The highest BCUT2D eigenvalue weighted by Crippen LogP contribution is 2.32. The van der Waals surface area contributed by atoms with Crippen LogP contribution >= 0.6 is 12.2 Å². The molecule has 9 heteroatoms. The van der Waals surface area contributed by atoms with Gasteiger partial charge in [-0.15, -0.1) is 0 Å². The Morgan fingerprint density at radius 2 is 1.79 bits per heavy atom. The average molecular weight is 464 g/mol. The van der Waals surface area contributed by atoms with E-state index >= 15 is 0 Å². The zero-order chi connectivity index (χ0) is 22.5. The first-order valence-corrected chi connectivity index (χ1v) is 11.4. The molecule has 0 atom stereocenters. The summed E-state index contributed by atoms with van der Waals surface area (Å²) in [6.07, 6.45) is 3.54. The first-order chi connectivity index (χ1) is 16.2. The van der Waals surface area contributed by atoms with Crippen molar-refractivity contribution in [3.63, 3.8) is 0 Å². The predicted octanol–water partition coefficient (Wildman–Crippen LogP) is 4.47. The molecular formula is C24H25N5O3S. The fraction of sp³-hybridized carbons (Fsp3) is 0.292. The van der Waals surface area contributed by atoms with Crippen molar-refractivity contribution in [2.75, 3.05) is 30.1 Å². The number of nitrogens with one attached hydrogen (secondary N) is 2. The number of piperidine rings is 1. The van der Waals surface area contributed by atoms with Crippen molar-refractivity contribution in [2.24, 2.45) is 0 Å². The molecule has 2 aliphatic rings. The second-order valence-corrected chi connectivity index (χ2v) is 8.25. The fourth-order valence-corrected chi connectivity index (χ4v) is 3.96. The van der Waals surface area contributed by atoms with Crippen LogP contribution in [0.15, 0.2) is 54.6 Å².